The average molecular weight is 393 g/mol. The van der Waals surface area contributed by atoms with Crippen molar-refractivity contribution in [3.05, 3.63) is 28.3 Å². The summed E-state index contributed by atoms with van der Waals surface area (Å²) in [5.74, 6) is -0.609. The Hall–Kier alpha value is -2.68. The molecule has 0 aliphatic heterocycles. The van der Waals surface area contributed by atoms with Gasteiger partial charge in [-0.05, 0) is 25.8 Å². The predicted octanol–water partition coefficient (Wildman–Crippen LogP) is 2.64. The van der Waals surface area contributed by atoms with Gasteiger partial charge in [-0.25, -0.2) is 0 Å². The van der Waals surface area contributed by atoms with Crippen LogP contribution < -0.4 is 15.4 Å². The van der Waals surface area contributed by atoms with E-state index in [1.807, 2.05) is 0 Å². The summed E-state index contributed by atoms with van der Waals surface area (Å²) in [5, 5.41) is 16.9. The molecule has 28 heavy (non-hydrogen) atoms. The molecule has 0 bridgehead atoms. The number of esters is 1. The number of non-ortho nitro benzene ring substituents is 1. The average Bonchev–Trinajstić information content (AvgIpc) is 2.92. The maximum atomic E-state index is 12.7. The molecular formula is C19H27N3O6. The summed E-state index contributed by atoms with van der Waals surface area (Å²) in [6.07, 6.45) is 4.45. The first kappa shape index (κ1) is 21.6. The number of nitrogens with one attached hydrogen (secondary N) is 2. The van der Waals surface area contributed by atoms with E-state index in [9.17, 15) is 19.7 Å². The van der Waals surface area contributed by atoms with Crippen molar-refractivity contribution in [1.82, 2.24) is 5.32 Å². The predicted molar refractivity (Wildman–Crippen MR) is 103 cm³/mol. The van der Waals surface area contributed by atoms with E-state index < -0.39 is 11.0 Å². The van der Waals surface area contributed by atoms with Gasteiger partial charge >= 0.3 is 5.97 Å². The van der Waals surface area contributed by atoms with E-state index >= 15 is 0 Å². The number of anilines is 1. The van der Waals surface area contributed by atoms with E-state index in [0.29, 0.717) is 5.75 Å². The van der Waals surface area contributed by atoms with Crippen molar-refractivity contribution < 1.29 is 24.0 Å². The van der Waals surface area contributed by atoms with Crippen molar-refractivity contribution in [2.75, 3.05) is 19.5 Å². The molecule has 154 valence electrons. The van der Waals surface area contributed by atoms with Gasteiger partial charge in [-0.3, -0.25) is 19.7 Å². The minimum Gasteiger partial charge on any atom is -0.495 e. The summed E-state index contributed by atoms with van der Waals surface area (Å²) < 4.78 is 10.1. The standard InChI is InChI=1S/C19H27N3O6/c1-12(20-15-8-6-4-5-7-14(15)19(24)28-3)18(23)21-16-11-13(22(25)26)9-10-17(16)27-2/h9-12,14-15,20H,4-8H2,1-3H3,(H,21,23)/t12-,14-,15+/m1/s1. The molecule has 9 nitrogen and oxygen atoms in total. The third kappa shape index (κ3) is 5.41. The van der Waals surface area contributed by atoms with Gasteiger partial charge in [-0.15, -0.1) is 0 Å². The zero-order valence-electron chi connectivity index (χ0n) is 16.4. The molecule has 9 heteroatoms. The molecule has 1 aromatic rings. The molecule has 2 rings (SSSR count). The Morgan fingerprint density at radius 2 is 1.93 bits per heavy atom. The number of nitrogens with zero attached hydrogens (tertiary/aromatic N) is 1. The summed E-state index contributed by atoms with van der Waals surface area (Å²) in [4.78, 5) is 35.2. The second-order valence-corrected chi connectivity index (χ2v) is 6.89. The summed E-state index contributed by atoms with van der Waals surface area (Å²) in [7, 11) is 2.79. The molecule has 1 aliphatic rings. The topological polar surface area (TPSA) is 120 Å². The number of ether oxygens (including phenoxy) is 2. The SMILES string of the molecule is COC(=O)[C@@H]1CCCCC[C@@H]1N[C@H](C)C(=O)Nc1cc([N+](=O)[O-])ccc1OC. The molecule has 1 fully saturated rings. The molecule has 0 heterocycles. The van der Waals surface area contributed by atoms with Crippen LogP contribution in [0.3, 0.4) is 0 Å². The molecule has 3 atom stereocenters. The Morgan fingerprint density at radius 1 is 1.21 bits per heavy atom. The number of nitro benzene ring substituents is 1. The molecule has 0 saturated heterocycles. The number of nitro groups is 1. The number of benzene rings is 1. The number of carbonyl (C=O) groups excluding carboxylic acids is 2. The second kappa shape index (κ2) is 10.0. The zero-order valence-corrected chi connectivity index (χ0v) is 16.4. The molecule has 1 amide bonds. The highest BCUT2D eigenvalue weighted by atomic mass is 16.6. The lowest BCUT2D eigenvalue weighted by atomic mass is 9.94. The number of methoxy groups -OCH3 is 2. The van der Waals surface area contributed by atoms with Crippen molar-refractivity contribution in [1.29, 1.82) is 0 Å². The number of carbonyl (C=O) groups is 2. The highest BCUT2D eigenvalue weighted by molar-refractivity contribution is 5.96. The first-order valence-corrected chi connectivity index (χ1v) is 9.34. The molecule has 1 aromatic carbocycles. The van der Waals surface area contributed by atoms with Crippen LogP contribution >= 0.6 is 0 Å². The van der Waals surface area contributed by atoms with Gasteiger partial charge < -0.3 is 20.1 Å². The largest absolute Gasteiger partial charge is 0.495 e. The van der Waals surface area contributed by atoms with Crippen molar-refractivity contribution >= 4 is 23.3 Å². The van der Waals surface area contributed by atoms with E-state index in [2.05, 4.69) is 10.6 Å². The van der Waals surface area contributed by atoms with Crippen LogP contribution in [0.25, 0.3) is 0 Å². The van der Waals surface area contributed by atoms with Crippen LogP contribution in [0.5, 0.6) is 5.75 Å². The van der Waals surface area contributed by atoms with Crippen LogP contribution in [0.4, 0.5) is 11.4 Å². The first-order valence-electron chi connectivity index (χ1n) is 9.34. The first-order chi connectivity index (χ1) is 13.4. The van der Waals surface area contributed by atoms with Crippen LogP contribution in [-0.4, -0.2) is 43.1 Å². The molecular weight excluding hydrogens is 366 g/mol. The molecule has 0 aromatic heterocycles. The Labute approximate surface area is 163 Å². The summed E-state index contributed by atoms with van der Waals surface area (Å²) in [6.45, 7) is 1.69. The fourth-order valence-corrected chi connectivity index (χ4v) is 3.49. The van der Waals surface area contributed by atoms with Gasteiger partial charge in [0.15, 0.2) is 0 Å². The lowest BCUT2D eigenvalue weighted by Gasteiger charge is -2.27. The lowest BCUT2D eigenvalue weighted by Crippen LogP contribution is -2.48. The molecule has 0 unspecified atom stereocenters. The van der Waals surface area contributed by atoms with Crippen LogP contribution in [-0.2, 0) is 14.3 Å². The minimum atomic E-state index is -0.612. The van der Waals surface area contributed by atoms with E-state index in [1.54, 1.807) is 6.92 Å². The third-order valence-electron chi connectivity index (χ3n) is 5.03. The maximum Gasteiger partial charge on any atom is 0.310 e. The van der Waals surface area contributed by atoms with E-state index in [-0.39, 0.29) is 35.2 Å². The monoisotopic (exact) mass is 393 g/mol. The Kier molecular flexibility index (Phi) is 7.74. The van der Waals surface area contributed by atoms with Gasteiger partial charge in [0, 0.05) is 18.2 Å². The highest BCUT2D eigenvalue weighted by Crippen LogP contribution is 2.29. The van der Waals surface area contributed by atoms with E-state index in [1.165, 1.54) is 32.4 Å². The molecule has 0 spiro atoms. The van der Waals surface area contributed by atoms with Crippen LogP contribution in [0.2, 0.25) is 0 Å². The summed E-state index contributed by atoms with van der Waals surface area (Å²) in [5.41, 5.74) is 0.0759. The quantitative estimate of drug-likeness (QED) is 0.316. The van der Waals surface area contributed by atoms with Crippen molar-refractivity contribution in [2.24, 2.45) is 5.92 Å². The lowest BCUT2D eigenvalue weighted by molar-refractivity contribution is -0.384. The Morgan fingerprint density at radius 3 is 2.57 bits per heavy atom. The normalized spacial score (nSPS) is 20.5. The van der Waals surface area contributed by atoms with Crippen molar-refractivity contribution in [2.45, 2.75) is 51.1 Å². The maximum absolute atomic E-state index is 12.7. The Balaban J connectivity index is 2.10. The Bertz CT molecular complexity index is 724. The fourth-order valence-electron chi connectivity index (χ4n) is 3.49. The van der Waals surface area contributed by atoms with Crippen LogP contribution in [0, 0.1) is 16.0 Å². The molecule has 1 saturated carbocycles. The van der Waals surface area contributed by atoms with Crippen LogP contribution in [0.15, 0.2) is 18.2 Å². The van der Waals surface area contributed by atoms with E-state index in [0.717, 1.165) is 32.1 Å². The number of hydrogen-bond donors (Lipinski definition) is 2. The molecule has 1 aliphatic carbocycles. The minimum absolute atomic E-state index is 0.147. The van der Waals surface area contributed by atoms with Gasteiger partial charge in [0.25, 0.3) is 5.69 Å². The zero-order chi connectivity index (χ0) is 20.7. The second-order valence-electron chi connectivity index (χ2n) is 6.89. The summed E-state index contributed by atoms with van der Waals surface area (Å²) in [6, 6.07) is 3.22. The highest BCUT2D eigenvalue weighted by Gasteiger charge is 2.32. The van der Waals surface area contributed by atoms with Gasteiger partial charge in [0.2, 0.25) is 5.91 Å². The van der Waals surface area contributed by atoms with Gasteiger partial charge in [0.05, 0.1) is 36.8 Å². The summed E-state index contributed by atoms with van der Waals surface area (Å²) >= 11 is 0. The number of amides is 1. The number of rotatable bonds is 7. The van der Waals surface area contributed by atoms with Gasteiger partial charge in [-0.2, -0.15) is 0 Å². The smallest absolute Gasteiger partial charge is 0.310 e. The van der Waals surface area contributed by atoms with Gasteiger partial charge in [-0.1, -0.05) is 19.3 Å². The molecule has 0 radical (unpaired) electrons. The third-order valence-corrected chi connectivity index (χ3v) is 5.03. The van der Waals surface area contributed by atoms with Crippen molar-refractivity contribution in [3.63, 3.8) is 0 Å². The van der Waals surface area contributed by atoms with E-state index in [4.69, 9.17) is 9.47 Å². The fraction of sp³-hybridized carbons (Fsp3) is 0.579. The number of hydrogen-bond acceptors (Lipinski definition) is 7. The molecule has 2 N–H and O–H groups in total. The van der Waals surface area contributed by atoms with Crippen molar-refractivity contribution in [3.8, 4) is 5.75 Å². The van der Waals surface area contributed by atoms with Gasteiger partial charge in [0.1, 0.15) is 5.75 Å². The van der Waals surface area contributed by atoms with Crippen LogP contribution in [0.1, 0.15) is 39.0 Å².